The fourth-order valence-corrected chi connectivity index (χ4v) is 3.55. The van der Waals surface area contributed by atoms with Crippen LogP contribution < -0.4 is 20.1 Å². The fourth-order valence-electron chi connectivity index (χ4n) is 2.84. The number of carbonyl (C=O) groups is 2. The van der Waals surface area contributed by atoms with E-state index in [1.54, 1.807) is 0 Å². The Morgan fingerprint density at radius 1 is 0.919 bits per heavy atom. The second-order valence-electron chi connectivity index (χ2n) is 7.19. The highest BCUT2D eigenvalue weighted by Gasteiger charge is 2.34. The van der Waals surface area contributed by atoms with Crippen molar-refractivity contribution in [1.82, 2.24) is 15.6 Å². The highest BCUT2D eigenvalue weighted by molar-refractivity contribution is 7.09. The molecule has 0 spiro atoms. The van der Waals surface area contributed by atoms with Crippen LogP contribution in [0, 0.1) is 5.82 Å². The maximum Gasteiger partial charge on any atom is 0.573 e. The van der Waals surface area contributed by atoms with Crippen LogP contribution in [-0.4, -0.2) is 29.8 Å². The van der Waals surface area contributed by atoms with Crippen LogP contribution in [0.25, 0.3) is 0 Å². The number of nitrogens with one attached hydrogen (secondary N) is 2. The van der Waals surface area contributed by atoms with Gasteiger partial charge in [-0.15, -0.1) is 24.5 Å². The third kappa shape index (κ3) is 8.63. The summed E-state index contributed by atoms with van der Waals surface area (Å²) >= 11 is 1.01. The van der Waals surface area contributed by atoms with Crippen LogP contribution >= 0.6 is 11.3 Å². The van der Waals surface area contributed by atoms with E-state index in [1.807, 2.05) is 0 Å². The van der Waals surface area contributed by atoms with Crippen molar-refractivity contribution >= 4 is 23.2 Å². The Kier molecular flexibility index (Phi) is 8.57. The third-order valence-corrected chi connectivity index (χ3v) is 5.31. The van der Waals surface area contributed by atoms with Crippen molar-refractivity contribution in [2.45, 2.75) is 25.6 Å². The molecule has 0 bridgehead atoms. The molecule has 0 saturated heterocycles. The molecule has 1 heterocycles. The van der Waals surface area contributed by atoms with E-state index in [4.69, 9.17) is 4.74 Å². The van der Waals surface area contributed by atoms with Crippen molar-refractivity contribution in [2.24, 2.45) is 0 Å². The van der Waals surface area contributed by atoms with E-state index in [9.17, 15) is 40.3 Å². The van der Waals surface area contributed by atoms with Gasteiger partial charge in [0.15, 0.2) is 6.61 Å². The van der Waals surface area contributed by atoms with Crippen LogP contribution in [0.3, 0.4) is 0 Å². The van der Waals surface area contributed by atoms with Crippen molar-refractivity contribution < 1.29 is 49.8 Å². The largest absolute Gasteiger partial charge is 0.573 e. The number of ether oxygens (including phenoxy) is 2. The van der Waals surface area contributed by atoms with E-state index in [0.29, 0.717) is 11.1 Å². The minimum absolute atomic E-state index is 0.0886. The molecule has 1 aromatic heterocycles. The molecule has 0 unspecified atom stereocenters. The van der Waals surface area contributed by atoms with Crippen LogP contribution in [0.5, 0.6) is 11.5 Å². The predicted octanol–water partition coefficient (Wildman–Crippen LogP) is 4.82. The molecule has 0 fully saturated rings. The minimum atomic E-state index is -4.84. The first-order valence-corrected chi connectivity index (χ1v) is 11.0. The quantitative estimate of drug-likeness (QED) is 0.372. The van der Waals surface area contributed by atoms with Gasteiger partial charge in [-0.05, 0) is 42.0 Å². The second kappa shape index (κ2) is 11.5. The minimum Gasteiger partial charge on any atom is -0.484 e. The standard InChI is InChI=1S/C22H16F7N3O4S/c23-13-2-1-12(16(7-13)21(24,25)26)8-31-20(34)17-11-37-19(32-17)9-30-18(33)10-35-14-3-5-15(6-4-14)36-22(27,28)29/h1-7,11H,8-10H2,(H,30,33)(H,31,34). The lowest BCUT2D eigenvalue weighted by atomic mass is 10.1. The Morgan fingerprint density at radius 3 is 2.24 bits per heavy atom. The van der Waals surface area contributed by atoms with Crippen LogP contribution in [-0.2, 0) is 24.1 Å². The Balaban J connectivity index is 1.46. The van der Waals surface area contributed by atoms with Gasteiger partial charge in [-0.3, -0.25) is 9.59 Å². The molecular formula is C22H16F7N3O4S. The van der Waals surface area contributed by atoms with Gasteiger partial charge in [-0.25, -0.2) is 9.37 Å². The normalized spacial score (nSPS) is 11.6. The first-order valence-electron chi connectivity index (χ1n) is 10.1. The molecule has 3 aromatic rings. The van der Waals surface area contributed by atoms with Crippen LogP contribution in [0.1, 0.15) is 26.6 Å². The molecule has 0 aliphatic rings. The highest BCUT2D eigenvalue weighted by atomic mass is 32.1. The van der Waals surface area contributed by atoms with Crippen molar-refractivity contribution in [1.29, 1.82) is 0 Å². The average molecular weight is 551 g/mol. The molecule has 0 aliphatic carbocycles. The zero-order valence-electron chi connectivity index (χ0n) is 18.4. The topological polar surface area (TPSA) is 89.6 Å². The first kappa shape index (κ1) is 27.7. The predicted molar refractivity (Wildman–Crippen MR) is 115 cm³/mol. The number of benzene rings is 2. The van der Waals surface area contributed by atoms with E-state index in [1.165, 1.54) is 17.5 Å². The summed E-state index contributed by atoms with van der Waals surface area (Å²) in [6, 6.07) is 6.51. The molecule has 2 N–H and O–H groups in total. The summed E-state index contributed by atoms with van der Waals surface area (Å²) in [6.07, 6.45) is -9.64. The second-order valence-corrected chi connectivity index (χ2v) is 8.14. The van der Waals surface area contributed by atoms with Crippen LogP contribution in [0.2, 0.25) is 0 Å². The maximum atomic E-state index is 13.2. The van der Waals surface area contributed by atoms with Gasteiger partial charge in [0, 0.05) is 11.9 Å². The van der Waals surface area contributed by atoms with Crippen LogP contribution in [0.15, 0.2) is 47.8 Å². The van der Waals surface area contributed by atoms with Gasteiger partial charge in [0.1, 0.15) is 28.0 Å². The van der Waals surface area contributed by atoms with Crippen molar-refractivity contribution in [3.8, 4) is 11.5 Å². The van der Waals surface area contributed by atoms with E-state index < -0.39 is 54.6 Å². The lowest BCUT2D eigenvalue weighted by Gasteiger charge is -2.13. The van der Waals surface area contributed by atoms with Crippen molar-refractivity contribution in [2.75, 3.05) is 6.61 Å². The number of thiazole rings is 1. The Labute approximate surface area is 208 Å². The van der Waals surface area contributed by atoms with Crippen molar-refractivity contribution in [3.63, 3.8) is 0 Å². The number of hydrogen-bond acceptors (Lipinski definition) is 6. The van der Waals surface area contributed by atoms with Crippen molar-refractivity contribution in [3.05, 3.63) is 75.5 Å². The fraction of sp³-hybridized carbons (Fsp3) is 0.227. The number of carbonyl (C=O) groups excluding carboxylic acids is 2. The van der Waals surface area contributed by atoms with E-state index in [0.717, 1.165) is 35.6 Å². The Morgan fingerprint density at radius 2 is 1.59 bits per heavy atom. The molecule has 7 nitrogen and oxygen atoms in total. The molecule has 2 amide bonds. The van der Waals surface area contributed by atoms with Gasteiger partial charge in [0.2, 0.25) is 0 Å². The Hall–Kier alpha value is -3.88. The number of hydrogen-bond donors (Lipinski definition) is 2. The van der Waals surface area contributed by atoms with E-state index >= 15 is 0 Å². The zero-order valence-corrected chi connectivity index (χ0v) is 19.2. The summed E-state index contributed by atoms with van der Waals surface area (Å²) in [5.74, 6) is -2.76. The summed E-state index contributed by atoms with van der Waals surface area (Å²) in [7, 11) is 0. The molecule has 0 saturated carbocycles. The SMILES string of the molecule is O=C(COc1ccc(OC(F)(F)F)cc1)NCc1nc(C(=O)NCc2ccc(F)cc2C(F)(F)F)cs1. The summed E-state index contributed by atoms with van der Waals surface area (Å²) in [5, 5.41) is 6.40. The average Bonchev–Trinajstić information content (AvgIpc) is 3.29. The van der Waals surface area contributed by atoms with Gasteiger partial charge in [-0.2, -0.15) is 13.2 Å². The highest BCUT2D eigenvalue weighted by Crippen LogP contribution is 2.32. The first-order chi connectivity index (χ1) is 17.3. The molecule has 2 aromatic carbocycles. The molecule has 198 valence electrons. The number of amides is 2. The molecule has 0 atom stereocenters. The lowest BCUT2D eigenvalue weighted by molar-refractivity contribution is -0.274. The molecule has 3 rings (SSSR count). The van der Waals surface area contributed by atoms with Gasteiger partial charge in [0.05, 0.1) is 12.1 Å². The van der Waals surface area contributed by atoms with E-state index in [-0.39, 0.29) is 23.6 Å². The Bertz CT molecular complexity index is 1240. The van der Waals surface area contributed by atoms with Gasteiger partial charge >= 0.3 is 12.5 Å². The monoisotopic (exact) mass is 551 g/mol. The summed E-state index contributed by atoms with van der Waals surface area (Å²) < 4.78 is 97.8. The molecule has 0 radical (unpaired) electrons. The zero-order chi connectivity index (χ0) is 27.2. The lowest BCUT2D eigenvalue weighted by Crippen LogP contribution is -2.28. The summed E-state index contributed by atoms with van der Waals surface area (Å²) in [4.78, 5) is 28.2. The molecule has 37 heavy (non-hydrogen) atoms. The number of aromatic nitrogens is 1. The van der Waals surface area contributed by atoms with Gasteiger partial charge < -0.3 is 20.1 Å². The summed E-state index contributed by atoms with van der Waals surface area (Å²) in [5.41, 5.74) is -1.63. The number of alkyl halides is 6. The number of rotatable bonds is 9. The summed E-state index contributed by atoms with van der Waals surface area (Å²) in [6.45, 7) is -1.07. The smallest absolute Gasteiger partial charge is 0.484 e. The van der Waals surface area contributed by atoms with Gasteiger partial charge in [-0.1, -0.05) is 6.07 Å². The molecular weight excluding hydrogens is 535 g/mol. The number of halogens is 7. The van der Waals surface area contributed by atoms with E-state index in [2.05, 4.69) is 20.4 Å². The maximum absolute atomic E-state index is 13.2. The molecule has 0 aliphatic heterocycles. The third-order valence-electron chi connectivity index (χ3n) is 4.47. The molecule has 15 heteroatoms. The number of nitrogens with zero attached hydrogens (tertiary/aromatic N) is 1. The van der Waals surface area contributed by atoms with Crippen LogP contribution in [0.4, 0.5) is 30.7 Å². The van der Waals surface area contributed by atoms with Gasteiger partial charge in [0.25, 0.3) is 11.8 Å².